The molecule has 1 fully saturated rings. The van der Waals surface area contributed by atoms with Gasteiger partial charge in [-0.25, -0.2) is 0 Å². The lowest BCUT2D eigenvalue weighted by atomic mass is 10.2. The predicted octanol–water partition coefficient (Wildman–Crippen LogP) is 2.29. The Bertz CT molecular complexity index is 650. The smallest absolute Gasteiger partial charge is 0.142 e. The van der Waals surface area contributed by atoms with E-state index in [0.717, 1.165) is 49.7 Å². The molecule has 1 aromatic rings. The van der Waals surface area contributed by atoms with E-state index in [9.17, 15) is 5.26 Å². The van der Waals surface area contributed by atoms with Gasteiger partial charge in [-0.05, 0) is 25.5 Å². The van der Waals surface area contributed by atoms with Crippen molar-refractivity contribution >= 4 is 22.9 Å². The van der Waals surface area contributed by atoms with Gasteiger partial charge in [0, 0.05) is 31.9 Å². The first-order valence-corrected chi connectivity index (χ1v) is 8.03. The fraction of sp³-hybridized carbons (Fsp3) is 0.412. The quantitative estimate of drug-likeness (QED) is 0.519. The van der Waals surface area contributed by atoms with Gasteiger partial charge in [0.1, 0.15) is 22.4 Å². The van der Waals surface area contributed by atoms with Crippen LogP contribution < -0.4 is 15.4 Å². The zero-order valence-electron chi connectivity index (χ0n) is 13.6. The molecule has 0 aliphatic carbocycles. The van der Waals surface area contributed by atoms with Crippen LogP contribution in [0.4, 0.5) is 5.69 Å². The van der Waals surface area contributed by atoms with Crippen molar-refractivity contribution < 1.29 is 4.74 Å². The van der Waals surface area contributed by atoms with E-state index < -0.39 is 0 Å². The number of ether oxygens (including phenoxy) is 1. The molecule has 2 rings (SSSR count). The monoisotopic (exact) mass is 330 g/mol. The third-order valence-corrected chi connectivity index (χ3v) is 4.32. The van der Waals surface area contributed by atoms with Crippen molar-refractivity contribution in [3.8, 4) is 11.8 Å². The van der Waals surface area contributed by atoms with Crippen LogP contribution >= 0.6 is 12.2 Å². The van der Waals surface area contributed by atoms with Crippen LogP contribution in [0.1, 0.15) is 13.3 Å². The summed E-state index contributed by atoms with van der Waals surface area (Å²) in [4.78, 5) is 4.67. The van der Waals surface area contributed by atoms with Crippen LogP contribution in [0.25, 0.3) is 0 Å². The molecule has 0 unspecified atom stereocenters. The minimum absolute atomic E-state index is 0.163. The molecule has 1 aliphatic heterocycles. The van der Waals surface area contributed by atoms with Crippen molar-refractivity contribution in [2.75, 3.05) is 38.2 Å². The number of nitriles is 1. The maximum Gasteiger partial charge on any atom is 0.142 e. The molecule has 0 spiro atoms. The van der Waals surface area contributed by atoms with Crippen LogP contribution in [0.5, 0.6) is 5.75 Å². The highest BCUT2D eigenvalue weighted by molar-refractivity contribution is 7.80. The second-order valence-electron chi connectivity index (χ2n) is 5.44. The number of thiocarbonyl (C=S) groups is 1. The number of nitrogens with two attached hydrogens (primary N) is 1. The molecule has 1 aliphatic rings. The Morgan fingerprint density at radius 1 is 1.26 bits per heavy atom. The van der Waals surface area contributed by atoms with Gasteiger partial charge in [0.15, 0.2) is 0 Å². The molecule has 1 aromatic carbocycles. The van der Waals surface area contributed by atoms with E-state index >= 15 is 0 Å². The van der Waals surface area contributed by atoms with Gasteiger partial charge < -0.3 is 20.3 Å². The summed E-state index contributed by atoms with van der Waals surface area (Å²) in [6.07, 6.45) is 0.991. The van der Waals surface area contributed by atoms with E-state index in [1.807, 2.05) is 25.1 Å². The Hall–Kier alpha value is -2.26. The first-order valence-electron chi connectivity index (χ1n) is 7.62. The predicted molar refractivity (Wildman–Crippen MR) is 96.5 cm³/mol. The van der Waals surface area contributed by atoms with Crippen LogP contribution in [0.2, 0.25) is 0 Å². The molecule has 5 nitrogen and oxygen atoms in total. The van der Waals surface area contributed by atoms with Crippen molar-refractivity contribution in [2.24, 2.45) is 5.73 Å². The minimum atomic E-state index is 0.163. The van der Waals surface area contributed by atoms with Crippen LogP contribution in [-0.4, -0.2) is 43.2 Å². The summed E-state index contributed by atoms with van der Waals surface area (Å²) in [5.74, 6) is 0.883. The van der Waals surface area contributed by atoms with Gasteiger partial charge in [-0.1, -0.05) is 24.4 Å². The largest absolute Gasteiger partial charge is 0.495 e. The van der Waals surface area contributed by atoms with Gasteiger partial charge in [-0.3, -0.25) is 0 Å². The van der Waals surface area contributed by atoms with E-state index in [1.54, 1.807) is 7.11 Å². The van der Waals surface area contributed by atoms with Gasteiger partial charge in [0.25, 0.3) is 0 Å². The van der Waals surface area contributed by atoms with Gasteiger partial charge >= 0.3 is 0 Å². The third-order valence-electron chi connectivity index (χ3n) is 4.12. The van der Waals surface area contributed by atoms with Crippen LogP contribution in [0.15, 0.2) is 35.5 Å². The number of allylic oxidation sites excluding steroid dienone is 1. The molecule has 1 heterocycles. The number of benzene rings is 1. The molecule has 0 saturated carbocycles. The van der Waals surface area contributed by atoms with E-state index in [4.69, 9.17) is 22.7 Å². The normalized spacial score (nSPS) is 16.2. The van der Waals surface area contributed by atoms with E-state index in [-0.39, 0.29) is 4.99 Å². The van der Waals surface area contributed by atoms with Crippen molar-refractivity contribution in [3.63, 3.8) is 0 Å². The summed E-state index contributed by atoms with van der Waals surface area (Å²) in [6.45, 7) is 5.41. The molecule has 0 atom stereocenters. The molecule has 122 valence electrons. The summed E-state index contributed by atoms with van der Waals surface area (Å²) < 4.78 is 5.46. The second kappa shape index (κ2) is 7.84. The Labute approximate surface area is 142 Å². The molecule has 6 heteroatoms. The van der Waals surface area contributed by atoms with Crippen molar-refractivity contribution in [1.82, 2.24) is 4.90 Å². The molecule has 0 amide bonds. The average molecular weight is 330 g/mol. The Morgan fingerprint density at radius 3 is 2.65 bits per heavy atom. The number of rotatable bonds is 4. The summed E-state index contributed by atoms with van der Waals surface area (Å²) in [7, 11) is 1.69. The van der Waals surface area contributed by atoms with Gasteiger partial charge in [0.2, 0.25) is 0 Å². The Morgan fingerprint density at radius 2 is 2.00 bits per heavy atom. The standard InChI is InChI=1S/C17H22N4OS/c1-13(14(12-18)17(19)23)20-8-5-9-21(11-10-20)15-6-3-4-7-16(15)22-2/h3-4,6-7H,5,8-11H2,1-2H3,(H2,19,23)/b14-13-. The minimum Gasteiger partial charge on any atom is -0.495 e. The first-order chi connectivity index (χ1) is 11.1. The van der Waals surface area contributed by atoms with Crippen LogP contribution in [-0.2, 0) is 0 Å². The number of hydrogen-bond acceptors (Lipinski definition) is 5. The van der Waals surface area contributed by atoms with E-state index in [1.165, 1.54) is 0 Å². The molecular formula is C17H22N4OS. The van der Waals surface area contributed by atoms with Gasteiger partial charge in [-0.15, -0.1) is 0 Å². The van der Waals surface area contributed by atoms with Crippen molar-refractivity contribution in [2.45, 2.75) is 13.3 Å². The number of methoxy groups -OCH3 is 1. The van der Waals surface area contributed by atoms with E-state index in [0.29, 0.717) is 5.57 Å². The Balaban J connectivity index is 2.17. The zero-order valence-corrected chi connectivity index (χ0v) is 14.4. The molecular weight excluding hydrogens is 308 g/mol. The van der Waals surface area contributed by atoms with Crippen LogP contribution in [0.3, 0.4) is 0 Å². The summed E-state index contributed by atoms with van der Waals surface area (Å²) in [5, 5.41) is 9.24. The average Bonchev–Trinajstić information content (AvgIpc) is 2.81. The summed E-state index contributed by atoms with van der Waals surface area (Å²) in [5.41, 5.74) is 8.02. The topological polar surface area (TPSA) is 65.5 Å². The number of nitrogens with zero attached hydrogens (tertiary/aromatic N) is 3. The molecule has 2 N–H and O–H groups in total. The van der Waals surface area contributed by atoms with E-state index in [2.05, 4.69) is 21.9 Å². The zero-order chi connectivity index (χ0) is 16.8. The first kappa shape index (κ1) is 17.1. The molecule has 1 saturated heterocycles. The lowest BCUT2D eigenvalue weighted by Gasteiger charge is -2.26. The number of para-hydroxylation sites is 2. The highest BCUT2D eigenvalue weighted by atomic mass is 32.1. The summed E-state index contributed by atoms with van der Waals surface area (Å²) >= 11 is 4.97. The van der Waals surface area contributed by atoms with Crippen LogP contribution in [0, 0.1) is 11.3 Å². The highest BCUT2D eigenvalue weighted by Crippen LogP contribution is 2.28. The fourth-order valence-electron chi connectivity index (χ4n) is 2.86. The number of hydrogen-bond donors (Lipinski definition) is 1. The molecule has 0 aromatic heterocycles. The lowest BCUT2D eigenvalue weighted by molar-refractivity contribution is 0.368. The highest BCUT2D eigenvalue weighted by Gasteiger charge is 2.19. The molecule has 23 heavy (non-hydrogen) atoms. The van der Waals surface area contributed by atoms with Crippen molar-refractivity contribution in [3.05, 3.63) is 35.5 Å². The number of anilines is 1. The maximum absolute atomic E-state index is 9.24. The fourth-order valence-corrected chi connectivity index (χ4v) is 3.05. The maximum atomic E-state index is 9.24. The van der Waals surface area contributed by atoms with Gasteiger partial charge in [-0.2, -0.15) is 5.26 Å². The lowest BCUT2D eigenvalue weighted by Crippen LogP contribution is -2.31. The second-order valence-corrected chi connectivity index (χ2v) is 5.88. The van der Waals surface area contributed by atoms with Crippen molar-refractivity contribution in [1.29, 1.82) is 5.26 Å². The summed E-state index contributed by atoms with van der Waals surface area (Å²) in [6, 6.07) is 10.2. The molecule has 0 bridgehead atoms. The Kier molecular flexibility index (Phi) is 5.83. The molecule has 0 radical (unpaired) electrons. The third kappa shape index (κ3) is 3.93. The van der Waals surface area contributed by atoms with Gasteiger partial charge in [0.05, 0.1) is 12.8 Å². The SMILES string of the molecule is COc1ccccc1N1CCCN(/C(C)=C(/C#N)C(N)=S)CC1.